The highest BCUT2D eigenvalue weighted by Gasteiger charge is 2.30. The fourth-order valence-electron chi connectivity index (χ4n) is 1.36. The van der Waals surface area contributed by atoms with Crippen LogP contribution in [-0.2, 0) is 15.1 Å². The van der Waals surface area contributed by atoms with Crippen LogP contribution in [0.15, 0.2) is 4.52 Å². The van der Waals surface area contributed by atoms with Crippen molar-refractivity contribution in [3.8, 4) is 0 Å². The van der Waals surface area contributed by atoms with Crippen LogP contribution in [0.5, 0.6) is 0 Å². The Bertz CT molecular complexity index is 336. The maximum atomic E-state index is 5.90. The zero-order chi connectivity index (χ0) is 12.9. The molecular formula is C11H21N3O3. The molecule has 2 N–H and O–H groups in total. The molecule has 0 fully saturated rings. The van der Waals surface area contributed by atoms with Crippen LogP contribution >= 0.6 is 0 Å². The van der Waals surface area contributed by atoms with E-state index in [1.165, 1.54) is 0 Å². The van der Waals surface area contributed by atoms with Crippen molar-refractivity contribution in [3.63, 3.8) is 0 Å². The first-order valence-corrected chi connectivity index (χ1v) is 5.71. The Balaban J connectivity index is 2.77. The summed E-state index contributed by atoms with van der Waals surface area (Å²) in [5.41, 5.74) is 5.38. The van der Waals surface area contributed by atoms with E-state index in [-0.39, 0.29) is 6.04 Å². The fourth-order valence-corrected chi connectivity index (χ4v) is 1.36. The van der Waals surface area contributed by atoms with Gasteiger partial charge < -0.3 is 19.7 Å². The summed E-state index contributed by atoms with van der Waals surface area (Å²) in [5.74, 6) is 0.958. The molecule has 0 radical (unpaired) electrons. The minimum absolute atomic E-state index is 0.297. The van der Waals surface area contributed by atoms with Crippen molar-refractivity contribution in [3.05, 3.63) is 11.7 Å². The normalized spacial score (nSPS) is 16.8. The topological polar surface area (TPSA) is 83.4 Å². The highest BCUT2D eigenvalue weighted by molar-refractivity contribution is 5.01. The first-order chi connectivity index (χ1) is 8.07. The quantitative estimate of drug-likeness (QED) is 0.778. The molecule has 1 aromatic rings. The maximum Gasteiger partial charge on any atom is 0.243 e. The third-order valence-corrected chi connectivity index (χ3v) is 2.99. The third kappa shape index (κ3) is 3.24. The summed E-state index contributed by atoms with van der Waals surface area (Å²) < 4.78 is 15.5. The summed E-state index contributed by atoms with van der Waals surface area (Å²) in [7, 11) is 3.26. The number of hydrogen-bond acceptors (Lipinski definition) is 6. The van der Waals surface area contributed by atoms with Crippen LogP contribution in [0.1, 0.15) is 44.4 Å². The van der Waals surface area contributed by atoms with Gasteiger partial charge in [0.2, 0.25) is 11.7 Å². The number of nitrogens with zero attached hydrogens (tertiary/aromatic N) is 2. The zero-order valence-electron chi connectivity index (χ0n) is 10.9. The van der Waals surface area contributed by atoms with Crippen LogP contribution in [0, 0.1) is 0 Å². The molecular weight excluding hydrogens is 222 g/mol. The molecule has 1 aromatic heterocycles. The SMILES string of the molecule is CCC(C)(OC)c1noc(C(N)CCOC)n1. The van der Waals surface area contributed by atoms with Gasteiger partial charge in [-0.05, 0) is 19.8 Å². The largest absolute Gasteiger partial charge is 0.385 e. The van der Waals surface area contributed by atoms with Crippen molar-refractivity contribution in [2.45, 2.75) is 38.3 Å². The standard InChI is InChI=1S/C11H21N3O3/c1-5-11(2,16-4)10-13-9(17-14-10)8(12)6-7-15-3/h8H,5-7,12H2,1-4H3. The molecule has 2 unspecified atom stereocenters. The minimum Gasteiger partial charge on any atom is -0.385 e. The minimum atomic E-state index is -0.525. The van der Waals surface area contributed by atoms with Gasteiger partial charge in [0.1, 0.15) is 5.60 Å². The number of aromatic nitrogens is 2. The second-order valence-corrected chi connectivity index (χ2v) is 4.13. The number of rotatable bonds is 7. The average molecular weight is 243 g/mol. The Hall–Kier alpha value is -0.980. The molecule has 1 rings (SSSR count). The molecule has 0 aliphatic carbocycles. The molecule has 6 heteroatoms. The molecule has 17 heavy (non-hydrogen) atoms. The number of ether oxygens (including phenoxy) is 2. The molecule has 0 spiro atoms. The molecule has 98 valence electrons. The molecule has 0 saturated heterocycles. The van der Waals surface area contributed by atoms with Crippen LogP contribution in [0.25, 0.3) is 0 Å². The van der Waals surface area contributed by atoms with E-state index in [1.807, 2.05) is 13.8 Å². The molecule has 2 atom stereocenters. The van der Waals surface area contributed by atoms with Crippen LogP contribution in [-0.4, -0.2) is 31.0 Å². The van der Waals surface area contributed by atoms with E-state index >= 15 is 0 Å². The van der Waals surface area contributed by atoms with Gasteiger partial charge in [0, 0.05) is 20.8 Å². The van der Waals surface area contributed by atoms with Crippen molar-refractivity contribution >= 4 is 0 Å². The summed E-state index contributed by atoms with van der Waals surface area (Å²) in [6, 6.07) is -0.297. The first kappa shape index (κ1) is 14.1. The molecule has 0 aliphatic rings. The summed E-state index contributed by atoms with van der Waals surface area (Å²) in [6.07, 6.45) is 1.41. The van der Waals surface area contributed by atoms with Gasteiger partial charge in [0.05, 0.1) is 6.04 Å². The maximum absolute atomic E-state index is 5.90. The predicted molar refractivity (Wildman–Crippen MR) is 62.4 cm³/mol. The summed E-state index contributed by atoms with van der Waals surface area (Å²) in [6.45, 7) is 4.49. The van der Waals surface area contributed by atoms with Crippen molar-refractivity contribution in [1.82, 2.24) is 10.1 Å². The average Bonchev–Trinajstić information content (AvgIpc) is 2.85. The molecule has 1 heterocycles. The Labute approximate surface area is 101 Å². The van der Waals surface area contributed by atoms with Gasteiger partial charge in [-0.15, -0.1) is 0 Å². The lowest BCUT2D eigenvalue weighted by Gasteiger charge is -2.21. The predicted octanol–water partition coefficient (Wildman–Crippen LogP) is 1.38. The van der Waals surface area contributed by atoms with Gasteiger partial charge in [0.15, 0.2) is 0 Å². The lowest BCUT2D eigenvalue weighted by atomic mass is 10.0. The lowest BCUT2D eigenvalue weighted by Crippen LogP contribution is -2.25. The molecule has 6 nitrogen and oxygen atoms in total. The van der Waals surface area contributed by atoms with Gasteiger partial charge in [-0.25, -0.2) is 0 Å². The van der Waals surface area contributed by atoms with Crippen LogP contribution in [0.2, 0.25) is 0 Å². The van der Waals surface area contributed by atoms with E-state index in [0.29, 0.717) is 24.7 Å². The second kappa shape index (κ2) is 6.09. The smallest absolute Gasteiger partial charge is 0.243 e. The highest BCUT2D eigenvalue weighted by atomic mass is 16.5. The van der Waals surface area contributed by atoms with E-state index in [4.69, 9.17) is 19.7 Å². The van der Waals surface area contributed by atoms with Crippen molar-refractivity contribution in [2.75, 3.05) is 20.8 Å². The Morgan fingerprint density at radius 2 is 2.18 bits per heavy atom. The van der Waals surface area contributed by atoms with Crippen LogP contribution in [0.3, 0.4) is 0 Å². The van der Waals surface area contributed by atoms with Gasteiger partial charge >= 0.3 is 0 Å². The van der Waals surface area contributed by atoms with E-state index < -0.39 is 5.60 Å². The van der Waals surface area contributed by atoms with E-state index in [9.17, 15) is 0 Å². The molecule has 0 saturated carbocycles. The zero-order valence-corrected chi connectivity index (χ0v) is 10.9. The molecule has 0 aromatic carbocycles. The summed E-state index contributed by atoms with van der Waals surface area (Å²) in [5, 5.41) is 3.93. The second-order valence-electron chi connectivity index (χ2n) is 4.13. The number of hydrogen-bond donors (Lipinski definition) is 1. The van der Waals surface area contributed by atoms with E-state index in [2.05, 4.69) is 10.1 Å². The summed E-state index contributed by atoms with van der Waals surface area (Å²) >= 11 is 0. The highest BCUT2D eigenvalue weighted by Crippen LogP contribution is 2.26. The number of methoxy groups -OCH3 is 2. The van der Waals surface area contributed by atoms with Crippen molar-refractivity contribution < 1.29 is 14.0 Å². The van der Waals surface area contributed by atoms with Gasteiger partial charge in [-0.2, -0.15) is 4.98 Å². The van der Waals surface area contributed by atoms with Gasteiger partial charge in [-0.3, -0.25) is 0 Å². The van der Waals surface area contributed by atoms with Crippen molar-refractivity contribution in [2.24, 2.45) is 5.73 Å². The Morgan fingerprint density at radius 3 is 2.71 bits per heavy atom. The Kier molecular flexibility index (Phi) is 5.04. The molecule has 0 bridgehead atoms. The monoisotopic (exact) mass is 243 g/mol. The fraction of sp³-hybridized carbons (Fsp3) is 0.818. The third-order valence-electron chi connectivity index (χ3n) is 2.99. The number of nitrogens with two attached hydrogens (primary N) is 1. The van der Waals surface area contributed by atoms with E-state index in [0.717, 1.165) is 6.42 Å². The summed E-state index contributed by atoms with van der Waals surface area (Å²) in [4.78, 5) is 4.29. The van der Waals surface area contributed by atoms with E-state index in [1.54, 1.807) is 14.2 Å². The van der Waals surface area contributed by atoms with Crippen LogP contribution < -0.4 is 5.73 Å². The van der Waals surface area contributed by atoms with Gasteiger partial charge in [-0.1, -0.05) is 12.1 Å². The Morgan fingerprint density at radius 1 is 1.47 bits per heavy atom. The first-order valence-electron chi connectivity index (χ1n) is 5.71. The van der Waals surface area contributed by atoms with Crippen LogP contribution in [0.4, 0.5) is 0 Å². The lowest BCUT2D eigenvalue weighted by molar-refractivity contribution is -0.0106. The molecule has 0 aliphatic heterocycles. The van der Waals surface area contributed by atoms with Gasteiger partial charge in [0.25, 0.3) is 0 Å². The van der Waals surface area contributed by atoms with Crippen molar-refractivity contribution in [1.29, 1.82) is 0 Å². The molecule has 0 amide bonds.